The number of carbonyl (C=O) groups excluding carboxylic acids is 4. The number of amides is 3. The van der Waals surface area contributed by atoms with Crippen molar-refractivity contribution in [1.82, 2.24) is 10.7 Å². The zero-order chi connectivity index (χ0) is 31.0. The van der Waals surface area contributed by atoms with Crippen LogP contribution in [0, 0.1) is 0 Å². The van der Waals surface area contributed by atoms with Crippen LogP contribution in [-0.4, -0.2) is 63.4 Å². The lowest BCUT2D eigenvalue weighted by molar-refractivity contribution is -0.121. The lowest BCUT2D eigenvalue weighted by Crippen LogP contribution is -2.29. The van der Waals surface area contributed by atoms with E-state index < -0.39 is 11.9 Å². The number of hydrogen-bond donors (Lipinski definition) is 3. The second-order valence-corrected chi connectivity index (χ2v) is 8.80. The van der Waals surface area contributed by atoms with Crippen LogP contribution in [0.1, 0.15) is 46.5 Å². The molecule has 0 spiro atoms. The van der Waals surface area contributed by atoms with Crippen LogP contribution < -0.4 is 30.3 Å². The Balaban J connectivity index is 1.45. The molecule has 3 aromatic carbocycles. The van der Waals surface area contributed by atoms with Gasteiger partial charge >= 0.3 is 5.97 Å². The van der Waals surface area contributed by atoms with Crippen LogP contribution in [-0.2, 0) is 14.3 Å². The van der Waals surface area contributed by atoms with E-state index in [4.69, 9.17) is 18.9 Å². The molecule has 43 heavy (non-hydrogen) atoms. The number of nitrogens with one attached hydrogen (secondary N) is 3. The summed E-state index contributed by atoms with van der Waals surface area (Å²) in [6, 6.07) is 17.9. The van der Waals surface area contributed by atoms with Crippen molar-refractivity contribution in [3.63, 3.8) is 0 Å². The van der Waals surface area contributed by atoms with Crippen LogP contribution in [0.15, 0.2) is 71.8 Å². The van der Waals surface area contributed by atoms with Gasteiger partial charge in [-0.3, -0.25) is 14.4 Å². The number of nitrogens with zero attached hydrogens (tertiary/aromatic N) is 1. The van der Waals surface area contributed by atoms with Crippen LogP contribution in [0.5, 0.6) is 17.2 Å². The van der Waals surface area contributed by atoms with Crippen molar-refractivity contribution in [2.24, 2.45) is 5.10 Å². The number of hydrazone groups is 1. The molecule has 0 aliphatic heterocycles. The number of carbonyl (C=O) groups is 4. The van der Waals surface area contributed by atoms with Crippen molar-refractivity contribution < 1.29 is 38.1 Å². The highest BCUT2D eigenvalue weighted by atomic mass is 16.5. The van der Waals surface area contributed by atoms with Gasteiger partial charge in [-0.1, -0.05) is 0 Å². The Bertz CT molecular complexity index is 1420. The maximum Gasteiger partial charge on any atom is 0.338 e. The van der Waals surface area contributed by atoms with E-state index in [0.717, 1.165) is 0 Å². The first-order chi connectivity index (χ1) is 20.8. The largest absolute Gasteiger partial charge is 0.497 e. The summed E-state index contributed by atoms with van der Waals surface area (Å²) in [6.45, 7) is 4.03. The van der Waals surface area contributed by atoms with E-state index in [2.05, 4.69) is 21.2 Å². The monoisotopic (exact) mass is 590 g/mol. The molecule has 3 amide bonds. The Morgan fingerprint density at radius 1 is 0.814 bits per heavy atom. The van der Waals surface area contributed by atoms with Crippen molar-refractivity contribution >= 4 is 35.6 Å². The first-order valence-electron chi connectivity index (χ1n) is 13.5. The van der Waals surface area contributed by atoms with E-state index in [9.17, 15) is 19.2 Å². The SMILES string of the molecule is CCOC(=O)c1ccc(NC(=O)COc2ccc(C=NNC(=O)CCNC(=O)c3ccc(OC)cc3)cc2OCC)cc1. The Kier molecular flexibility index (Phi) is 12.5. The molecule has 0 saturated heterocycles. The van der Waals surface area contributed by atoms with Gasteiger partial charge in [0.05, 0.1) is 32.1 Å². The second kappa shape index (κ2) is 16.8. The number of rotatable bonds is 15. The van der Waals surface area contributed by atoms with Gasteiger partial charge in [0.25, 0.3) is 11.8 Å². The summed E-state index contributed by atoms with van der Waals surface area (Å²) in [5.74, 6) is -0.127. The number of ether oxygens (including phenoxy) is 4. The fourth-order valence-electron chi connectivity index (χ4n) is 3.61. The van der Waals surface area contributed by atoms with Crippen LogP contribution in [0.4, 0.5) is 5.69 Å². The van der Waals surface area contributed by atoms with E-state index >= 15 is 0 Å². The van der Waals surface area contributed by atoms with Crippen molar-refractivity contribution in [2.75, 3.05) is 38.8 Å². The summed E-state index contributed by atoms with van der Waals surface area (Å²) < 4.78 is 21.3. The molecule has 0 aromatic heterocycles. The minimum atomic E-state index is -0.435. The third-order valence-electron chi connectivity index (χ3n) is 5.70. The number of benzene rings is 3. The van der Waals surface area contributed by atoms with E-state index in [1.807, 2.05) is 6.92 Å². The van der Waals surface area contributed by atoms with E-state index in [1.165, 1.54) is 6.21 Å². The third-order valence-corrected chi connectivity index (χ3v) is 5.70. The summed E-state index contributed by atoms with van der Waals surface area (Å²) in [7, 11) is 1.54. The van der Waals surface area contributed by atoms with E-state index in [0.29, 0.717) is 46.2 Å². The lowest BCUT2D eigenvalue weighted by atomic mass is 10.2. The summed E-state index contributed by atoms with van der Waals surface area (Å²) >= 11 is 0. The molecule has 3 aromatic rings. The summed E-state index contributed by atoms with van der Waals surface area (Å²) in [6.07, 6.45) is 1.47. The topological polar surface area (TPSA) is 154 Å². The van der Waals surface area contributed by atoms with Crippen LogP contribution in [0.3, 0.4) is 0 Å². The minimum Gasteiger partial charge on any atom is -0.497 e. The average molecular weight is 591 g/mol. The van der Waals surface area contributed by atoms with Gasteiger partial charge in [0.2, 0.25) is 5.91 Å². The van der Waals surface area contributed by atoms with Crippen molar-refractivity contribution in [2.45, 2.75) is 20.3 Å². The Hall–Kier alpha value is -5.39. The van der Waals surface area contributed by atoms with Gasteiger partial charge in [-0.15, -0.1) is 0 Å². The van der Waals surface area contributed by atoms with Gasteiger partial charge in [0, 0.05) is 24.2 Å². The zero-order valence-corrected chi connectivity index (χ0v) is 24.2. The minimum absolute atomic E-state index is 0.0355. The van der Waals surface area contributed by atoms with E-state index in [1.54, 1.807) is 80.8 Å². The fraction of sp³-hybridized carbons (Fsp3) is 0.258. The smallest absolute Gasteiger partial charge is 0.338 e. The lowest BCUT2D eigenvalue weighted by Gasteiger charge is -2.13. The molecule has 0 fully saturated rings. The molecule has 3 rings (SSSR count). The standard InChI is InChI=1S/C31H34N4O8/c1-4-41-27-18-21(19-33-35-28(36)16-17-32-30(38)22-9-13-25(40-3)14-10-22)6-15-26(27)43-20-29(37)34-24-11-7-23(8-12-24)31(39)42-5-2/h6-15,18-19H,4-5,16-17,20H2,1-3H3,(H,32,38)(H,34,37)(H,35,36). The molecule has 3 N–H and O–H groups in total. The van der Waals surface area contributed by atoms with Gasteiger partial charge < -0.3 is 29.6 Å². The van der Waals surface area contributed by atoms with Gasteiger partial charge in [-0.05, 0) is 86.1 Å². The molecule has 0 saturated carbocycles. The maximum absolute atomic E-state index is 12.4. The maximum atomic E-state index is 12.4. The highest BCUT2D eigenvalue weighted by Gasteiger charge is 2.11. The highest BCUT2D eigenvalue weighted by molar-refractivity contribution is 5.95. The molecule has 0 heterocycles. The molecule has 12 heteroatoms. The van der Waals surface area contributed by atoms with Crippen molar-refractivity contribution in [3.8, 4) is 17.2 Å². The Labute approximate surface area is 249 Å². The fourth-order valence-corrected chi connectivity index (χ4v) is 3.61. The van der Waals surface area contributed by atoms with Crippen molar-refractivity contribution in [3.05, 3.63) is 83.4 Å². The highest BCUT2D eigenvalue weighted by Crippen LogP contribution is 2.28. The van der Waals surface area contributed by atoms with Crippen LogP contribution in [0.2, 0.25) is 0 Å². The van der Waals surface area contributed by atoms with Gasteiger partial charge in [0.1, 0.15) is 5.75 Å². The quantitative estimate of drug-likeness (QED) is 0.138. The summed E-state index contributed by atoms with van der Waals surface area (Å²) in [5.41, 5.74) is 4.38. The number of anilines is 1. The van der Waals surface area contributed by atoms with Crippen LogP contribution >= 0.6 is 0 Å². The molecule has 0 aliphatic rings. The third kappa shape index (κ3) is 10.5. The predicted molar refractivity (Wildman–Crippen MR) is 160 cm³/mol. The molecule has 226 valence electrons. The molecule has 12 nitrogen and oxygen atoms in total. The van der Waals surface area contributed by atoms with Crippen molar-refractivity contribution in [1.29, 1.82) is 0 Å². The molecule has 0 atom stereocenters. The number of esters is 1. The summed E-state index contributed by atoms with van der Waals surface area (Å²) in [4.78, 5) is 48.5. The first kappa shape index (κ1) is 32.1. The molecule has 0 radical (unpaired) electrons. The number of hydrogen-bond acceptors (Lipinski definition) is 9. The van der Waals surface area contributed by atoms with Gasteiger partial charge in [0.15, 0.2) is 18.1 Å². The van der Waals surface area contributed by atoms with E-state index in [-0.39, 0.29) is 38.0 Å². The molecular weight excluding hydrogens is 556 g/mol. The summed E-state index contributed by atoms with van der Waals surface area (Å²) in [5, 5.41) is 9.33. The molecular formula is C31H34N4O8. The zero-order valence-electron chi connectivity index (χ0n) is 24.2. The normalized spacial score (nSPS) is 10.5. The second-order valence-electron chi connectivity index (χ2n) is 8.80. The average Bonchev–Trinajstić information content (AvgIpc) is 3.01. The first-order valence-corrected chi connectivity index (χ1v) is 13.5. The number of methoxy groups -OCH3 is 1. The molecule has 0 unspecified atom stereocenters. The molecule has 0 bridgehead atoms. The van der Waals surface area contributed by atoms with Gasteiger partial charge in [-0.25, -0.2) is 10.2 Å². The van der Waals surface area contributed by atoms with Gasteiger partial charge in [-0.2, -0.15) is 5.10 Å². The predicted octanol–water partition coefficient (Wildman–Crippen LogP) is 3.56. The van der Waals surface area contributed by atoms with Crippen LogP contribution in [0.25, 0.3) is 0 Å². The molecule has 0 aliphatic carbocycles. The Morgan fingerprint density at radius 2 is 1.53 bits per heavy atom. The Morgan fingerprint density at radius 3 is 2.21 bits per heavy atom.